The summed E-state index contributed by atoms with van der Waals surface area (Å²) < 4.78 is 7.10. The van der Waals surface area contributed by atoms with Gasteiger partial charge in [0.2, 0.25) is 5.88 Å². The molecule has 35 heavy (non-hydrogen) atoms. The second kappa shape index (κ2) is 10.6. The number of rotatable bonds is 9. The van der Waals surface area contributed by atoms with Crippen molar-refractivity contribution in [2.75, 3.05) is 6.61 Å². The first-order chi connectivity index (χ1) is 16.8. The van der Waals surface area contributed by atoms with E-state index in [1.54, 1.807) is 6.07 Å². The molecule has 0 aliphatic rings. The molecule has 2 heterocycles. The van der Waals surface area contributed by atoms with Crippen LogP contribution in [-0.2, 0) is 16.1 Å². The Morgan fingerprint density at radius 2 is 2.09 bits per heavy atom. The molecule has 3 rings (SSSR count). The molecule has 0 atom stereocenters. The highest BCUT2D eigenvalue weighted by atomic mass is 16.6. The van der Waals surface area contributed by atoms with E-state index in [2.05, 4.69) is 26.9 Å². The Bertz CT molecular complexity index is 1420. The summed E-state index contributed by atoms with van der Waals surface area (Å²) in [4.78, 5) is 38.0. The van der Waals surface area contributed by atoms with Gasteiger partial charge < -0.3 is 9.84 Å². The minimum Gasteiger partial charge on any atom is -0.493 e. The lowest BCUT2D eigenvalue weighted by molar-refractivity contribution is -0.384. The van der Waals surface area contributed by atoms with Crippen molar-refractivity contribution in [3.63, 3.8) is 0 Å². The molecular formula is C21H18N8O6. The summed E-state index contributed by atoms with van der Waals surface area (Å²) in [6, 6.07) is 7.37. The van der Waals surface area contributed by atoms with Crippen molar-refractivity contribution in [3.05, 3.63) is 74.8 Å². The van der Waals surface area contributed by atoms with E-state index in [-0.39, 0.29) is 48.0 Å². The van der Waals surface area contributed by atoms with E-state index in [9.17, 15) is 30.1 Å². The summed E-state index contributed by atoms with van der Waals surface area (Å²) >= 11 is 0. The number of carbonyl (C=O) groups is 1. The third-order valence-electron chi connectivity index (χ3n) is 4.75. The van der Waals surface area contributed by atoms with Crippen LogP contribution < -0.4 is 5.56 Å². The highest BCUT2D eigenvalue weighted by Gasteiger charge is 2.19. The van der Waals surface area contributed by atoms with Crippen LogP contribution in [0.15, 0.2) is 58.3 Å². The summed E-state index contributed by atoms with van der Waals surface area (Å²) in [6.45, 7) is 4.63. The zero-order valence-electron chi connectivity index (χ0n) is 18.4. The number of nitro benzene ring substituents is 1. The van der Waals surface area contributed by atoms with Crippen molar-refractivity contribution < 1.29 is 19.6 Å². The lowest BCUT2D eigenvalue weighted by Gasteiger charge is -2.13. The Morgan fingerprint density at radius 1 is 1.37 bits per heavy atom. The monoisotopic (exact) mass is 478 g/mol. The molecule has 14 heteroatoms. The molecule has 0 spiro atoms. The molecule has 0 bridgehead atoms. The minimum atomic E-state index is -0.725. The molecule has 0 radical (unpaired) electrons. The fourth-order valence-electron chi connectivity index (χ4n) is 2.97. The number of non-ortho nitro benzene ring substituents is 1. The van der Waals surface area contributed by atoms with Crippen molar-refractivity contribution in [2.24, 2.45) is 10.2 Å². The molecule has 0 aliphatic heterocycles. The first kappa shape index (κ1) is 24.5. The predicted octanol–water partition coefficient (Wildman–Crippen LogP) is 2.76. The zero-order valence-corrected chi connectivity index (χ0v) is 18.4. The van der Waals surface area contributed by atoms with Crippen molar-refractivity contribution in [2.45, 2.75) is 19.9 Å². The number of ether oxygens (including phenoxy) is 1. The van der Waals surface area contributed by atoms with Gasteiger partial charge in [0, 0.05) is 30.3 Å². The predicted molar refractivity (Wildman–Crippen MR) is 120 cm³/mol. The maximum Gasteiger partial charge on any atom is 0.330 e. The number of benzene rings is 1. The van der Waals surface area contributed by atoms with Crippen LogP contribution in [0.2, 0.25) is 0 Å². The van der Waals surface area contributed by atoms with Crippen LogP contribution in [0.3, 0.4) is 0 Å². The van der Waals surface area contributed by atoms with Crippen molar-refractivity contribution >= 4 is 23.3 Å². The third kappa shape index (κ3) is 5.42. The molecular weight excluding hydrogens is 460 g/mol. The van der Waals surface area contributed by atoms with Crippen LogP contribution in [0.5, 0.6) is 5.88 Å². The number of nitrogens with zero attached hydrogens (tertiary/aromatic N) is 8. The number of aromatic nitrogens is 4. The normalized spacial score (nSPS) is 10.7. The Balaban J connectivity index is 1.86. The van der Waals surface area contributed by atoms with Crippen molar-refractivity contribution in [1.29, 1.82) is 5.26 Å². The Hall–Kier alpha value is -5.19. The smallest absolute Gasteiger partial charge is 0.330 e. The van der Waals surface area contributed by atoms with Gasteiger partial charge in [0.1, 0.15) is 18.0 Å². The van der Waals surface area contributed by atoms with Gasteiger partial charge in [-0.15, -0.1) is 15.3 Å². The molecule has 14 nitrogen and oxygen atoms in total. The highest BCUT2D eigenvalue weighted by molar-refractivity contribution is 5.81. The number of nitriles is 1. The second-order valence-electron chi connectivity index (χ2n) is 6.93. The highest BCUT2D eigenvalue weighted by Crippen LogP contribution is 2.31. The summed E-state index contributed by atoms with van der Waals surface area (Å²) in [5, 5.41) is 42.8. The molecule has 0 amide bonds. The molecule has 0 unspecified atom stereocenters. The van der Waals surface area contributed by atoms with Gasteiger partial charge in [-0.1, -0.05) is 6.58 Å². The quantitative estimate of drug-likeness (QED) is 0.120. The second-order valence-corrected chi connectivity index (χ2v) is 6.93. The SMILES string of the molecule is C=CC(=O)OCCCn1c(O)c(N=Nc2ncn(-c3ccc([N+](=O)[O-])cc3)n2)c(C)c(C#N)c1=O. The Kier molecular flexibility index (Phi) is 7.42. The standard InChI is InChI=1S/C21H18N8O6/c1-3-17(30)35-10-4-9-27-19(31)16(11-22)13(2)18(20(27)32)24-25-21-23-12-28(26-21)14-5-7-15(8-6-14)29(33)34/h3,5-8,12,32H,1,4,9-10H2,2H3. The van der Waals surface area contributed by atoms with Crippen molar-refractivity contribution in [1.82, 2.24) is 19.3 Å². The van der Waals surface area contributed by atoms with E-state index in [1.807, 2.05) is 0 Å². The fraction of sp³-hybridized carbons (Fsp3) is 0.190. The number of hydrogen-bond donors (Lipinski definition) is 1. The van der Waals surface area contributed by atoms with Crippen LogP contribution in [0, 0.1) is 28.4 Å². The topological polar surface area (TPSA) is 191 Å². The largest absolute Gasteiger partial charge is 0.493 e. The molecule has 0 aliphatic carbocycles. The van der Waals surface area contributed by atoms with Crippen LogP contribution in [-0.4, -0.2) is 41.9 Å². The minimum absolute atomic E-state index is 0.0344. The van der Waals surface area contributed by atoms with E-state index in [0.717, 1.165) is 10.6 Å². The van der Waals surface area contributed by atoms with Gasteiger partial charge in [-0.05, 0) is 25.5 Å². The van der Waals surface area contributed by atoms with Gasteiger partial charge in [0.05, 0.1) is 17.2 Å². The summed E-state index contributed by atoms with van der Waals surface area (Å²) in [5.74, 6) is -1.26. The molecule has 0 saturated heterocycles. The molecule has 0 fully saturated rings. The van der Waals surface area contributed by atoms with E-state index in [4.69, 9.17) is 4.74 Å². The number of pyridine rings is 1. The van der Waals surface area contributed by atoms with Crippen LogP contribution >= 0.6 is 0 Å². The first-order valence-corrected chi connectivity index (χ1v) is 10.0. The average molecular weight is 478 g/mol. The van der Waals surface area contributed by atoms with Gasteiger partial charge in [0.15, 0.2) is 5.69 Å². The Morgan fingerprint density at radius 3 is 2.71 bits per heavy atom. The van der Waals surface area contributed by atoms with E-state index in [0.29, 0.717) is 5.69 Å². The van der Waals surface area contributed by atoms with Crippen LogP contribution in [0.25, 0.3) is 5.69 Å². The molecule has 0 saturated carbocycles. The number of hydrogen-bond acceptors (Lipinski definition) is 11. The number of aromatic hydroxyl groups is 1. The van der Waals surface area contributed by atoms with Gasteiger partial charge in [-0.25, -0.2) is 9.48 Å². The molecule has 1 N–H and O–H groups in total. The van der Waals surface area contributed by atoms with Crippen LogP contribution in [0.4, 0.5) is 17.3 Å². The first-order valence-electron chi connectivity index (χ1n) is 10.0. The Labute approximate surface area is 197 Å². The maximum absolute atomic E-state index is 12.6. The van der Waals surface area contributed by atoms with Gasteiger partial charge >= 0.3 is 5.97 Å². The number of nitro groups is 1. The van der Waals surface area contributed by atoms with E-state index in [1.165, 1.54) is 42.2 Å². The van der Waals surface area contributed by atoms with Crippen molar-refractivity contribution in [3.8, 4) is 17.6 Å². The summed E-state index contributed by atoms with van der Waals surface area (Å²) in [7, 11) is 0. The third-order valence-corrected chi connectivity index (χ3v) is 4.75. The lowest BCUT2D eigenvalue weighted by atomic mass is 10.1. The summed E-state index contributed by atoms with van der Waals surface area (Å²) in [6.07, 6.45) is 2.49. The number of azo groups is 1. The zero-order chi connectivity index (χ0) is 25.5. The average Bonchev–Trinajstić information content (AvgIpc) is 3.32. The van der Waals surface area contributed by atoms with Crippen LogP contribution in [0.1, 0.15) is 17.5 Å². The number of esters is 1. The lowest BCUT2D eigenvalue weighted by Crippen LogP contribution is -2.24. The maximum atomic E-state index is 12.6. The molecule has 2 aromatic heterocycles. The fourth-order valence-corrected chi connectivity index (χ4v) is 2.97. The molecule has 178 valence electrons. The van der Waals surface area contributed by atoms with Gasteiger partial charge in [-0.3, -0.25) is 19.5 Å². The van der Waals surface area contributed by atoms with E-state index < -0.39 is 22.3 Å². The number of carbonyl (C=O) groups excluding carboxylic acids is 1. The summed E-state index contributed by atoms with van der Waals surface area (Å²) in [5.41, 5.74) is -0.567. The molecule has 1 aromatic carbocycles. The van der Waals surface area contributed by atoms with Gasteiger partial charge in [-0.2, -0.15) is 10.2 Å². The van der Waals surface area contributed by atoms with E-state index >= 15 is 0 Å². The van der Waals surface area contributed by atoms with Gasteiger partial charge in [0.25, 0.3) is 17.2 Å². The molecule has 3 aromatic rings.